The standard InChI is InChI=1S/C11H18ClN3O4S2/c1-11(2,15-20(3,16)17)7-14-21(18,19)8-4-5-9(12)10(13)6-8/h4-6,14-15H,7,13H2,1-3H3. The number of nitrogens with one attached hydrogen (secondary N) is 2. The zero-order chi connectivity index (χ0) is 16.5. The van der Waals surface area contributed by atoms with E-state index < -0.39 is 25.6 Å². The summed E-state index contributed by atoms with van der Waals surface area (Å²) in [5.41, 5.74) is 4.74. The summed E-state index contributed by atoms with van der Waals surface area (Å²) >= 11 is 5.74. The summed E-state index contributed by atoms with van der Waals surface area (Å²) < 4.78 is 51.3. The van der Waals surface area contributed by atoms with Crippen LogP contribution in [0.15, 0.2) is 23.1 Å². The molecule has 21 heavy (non-hydrogen) atoms. The Morgan fingerprint density at radius 2 is 1.81 bits per heavy atom. The first kappa shape index (κ1) is 18.2. The monoisotopic (exact) mass is 355 g/mol. The molecule has 1 aromatic rings. The maximum absolute atomic E-state index is 12.1. The van der Waals surface area contributed by atoms with Crippen LogP contribution in [0, 0.1) is 0 Å². The van der Waals surface area contributed by atoms with Gasteiger partial charge in [0.2, 0.25) is 20.0 Å². The number of nitrogens with two attached hydrogens (primary N) is 1. The Kier molecular flexibility index (Phi) is 5.27. The molecule has 7 nitrogen and oxygen atoms in total. The van der Waals surface area contributed by atoms with Crippen molar-refractivity contribution in [1.29, 1.82) is 0 Å². The predicted molar refractivity (Wildman–Crippen MR) is 83.1 cm³/mol. The first-order valence-corrected chi connectivity index (χ1v) is 9.61. The summed E-state index contributed by atoms with van der Waals surface area (Å²) in [6.45, 7) is 3.00. The SMILES string of the molecule is CC(C)(CNS(=O)(=O)c1ccc(Cl)c(N)c1)NS(C)(=O)=O. The second-order valence-electron chi connectivity index (χ2n) is 5.27. The van der Waals surface area contributed by atoms with Crippen molar-refractivity contribution in [2.45, 2.75) is 24.3 Å². The van der Waals surface area contributed by atoms with Gasteiger partial charge in [-0.05, 0) is 32.0 Å². The van der Waals surface area contributed by atoms with Gasteiger partial charge in [-0.3, -0.25) is 0 Å². The third-order valence-corrected chi connectivity index (χ3v) is 5.11. The van der Waals surface area contributed by atoms with Crippen molar-refractivity contribution < 1.29 is 16.8 Å². The third kappa shape index (κ3) is 5.79. The summed E-state index contributed by atoms with van der Waals surface area (Å²) in [5.74, 6) is 0. The van der Waals surface area contributed by atoms with Crippen molar-refractivity contribution in [2.75, 3.05) is 18.5 Å². The van der Waals surface area contributed by atoms with E-state index in [0.29, 0.717) is 0 Å². The van der Waals surface area contributed by atoms with E-state index in [1.807, 2.05) is 0 Å². The van der Waals surface area contributed by atoms with Gasteiger partial charge in [-0.25, -0.2) is 26.3 Å². The number of hydrogen-bond donors (Lipinski definition) is 3. The van der Waals surface area contributed by atoms with Crippen molar-refractivity contribution in [3.8, 4) is 0 Å². The molecule has 0 atom stereocenters. The Balaban J connectivity index is 2.89. The number of hydrogen-bond acceptors (Lipinski definition) is 5. The third-order valence-electron chi connectivity index (χ3n) is 2.44. The maximum Gasteiger partial charge on any atom is 0.240 e. The summed E-state index contributed by atoms with van der Waals surface area (Å²) in [6, 6.07) is 3.94. The second-order valence-corrected chi connectivity index (χ2v) is 9.19. The van der Waals surface area contributed by atoms with Crippen LogP contribution in [0.2, 0.25) is 5.02 Å². The summed E-state index contributed by atoms with van der Waals surface area (Å²) in [7, 11) is -7.26. The van der Waals surface area contributed by atoms with Crippen LogP contribution in [0.1, 0.15) is 13.8 Å². The molecule has 0 amide bonds. The number of anilines is 1. The van der Waals surface area contributed by atoms with E-state index in [9.17, 15) is 16.8 Å². The lowest BCUT2D eigenvalue weighted by Gasteiger charge is -2.25. The molecule has 0 bridgehead atoms. The summed E-state index contributed by atoms with van der Waals surface area (Å²) in [6.07, 6.45) is 1.00. The molecule has 0 spiro atoms. The first-order chi connectivity index (χ1) is 9.32. The lowest BCUT2D eigenvalue weighted by molar-refractivity contribution is 0.446. The Labute approximate surface area is 130 Å². The largest absolute Gasteiger partial charge is 0.397 e. The normalized spacial score (nSPS) is 13.3. The molecule has 120 valence electrons. The van der Waals surface area contributed by atoms with Crippen LogP contribution >= 0.6 is 11.6 Å². The average Bonchev–Trinajstić information content (AvgIpc) is 2.27. The predicted octanol–water partition coefficient (Wildman–Crippen LogP) is 0.528. The van der Waals surface area contributed by atoms with Crippen LogP contribution < -0.4 is 15.2 Å². The van der Waals surface area contributed by atoms with Crippen molar-refractivity contribution in [1.82, 2.24) is 9.44 Å². The molecule has 0 radical (unpaired) electrons. The molecule has 0 aliphatic carbocycles. The molecule has 0 aliphatic rings. The minimum Gasteiger partial charge on any atom is -0.397 e. The lowest BCUT2D eigenvalue weighted by Crippen LogP contribution is -2.50. The lowest BCUT2D eigenvalue weighted by atomic mass is 10.1. The first-order valence-electron chi connectivity index (χ1n) is 5.86. The molecule has 1 aromatic carbocycles. The Morgan fingerprint density at radius 3 is 2.29 bits per heavy atom. The quantitative estimate of drug-likeness (QED) is 0.643. The van der Waals surface area contributed by atoms with Crippen molar-refractivity contribution in [3.05, 3.63) is 23.2 Å². The smallest absolute Gasteiger partial charge is 0.240 e. The van der Waals surface area contributed by atoms with Crippen LogP contribution in [0.3, 0.4) is 0 Å². The fourth-order valence-electron chi connectivity index (χ4n) is 1.59. The van der Waals surface area contributed by atoms with Crippen LogP contribution in [0.5, 0.6) is 0 Å². The fourth-order valence-corrected chi connectivity index (χ4v) is 4.03. The van der Waals surface area contributed by atoms with Crippen LogP contribution in [0.25, 0.3) is 0 Å². The van der Waals surface area contributed by atoms with E-state index >= 15 is 0 Å². The minimum atomic E-state index is -3.81. The van der Waals surface area contributed by atoms with Crippen LogP contribution in [-0.2, 0) is 20.0 Å². The van der Waals surface area contributed by atoms with E-state index in [4.69, 9.17) is 17.3 Å². The molecule has 1 rings (SSSR count). The molecule has 0 aliphatic heterocycles. The summed E-state index contributed by atoms with van der Waals surface area (Å²) in [4.78, 5) is -0.0421. The van der Waals surface area contributed by atoms with Crippen molar-refractivity contribution in [2.24, 2.45) is 0 Å². The molecule has 0 aromatic heterocycles. The Morgan fingerprint density at radius 1 is 1.24 bits per heavy atom. The molecule has 0 unspecified atom stereocenters. The highest BCUT2D eigenvalue weighted by Gasteiger charge is 2.25. The topological polar surface area (TPSA) is 118 Å². The molecular formula is C11H18ClN3O4S2. The van der Waals surface area contributed by atoms with Gasteiger partial charge in [0.1, 0.15) is 0 Å². The van der Waals surface area contributed by atoms with E-state index in [1.54, 1.807) is 13.8 Å². The highest BCUT2D eigenvalue weighted by atomic mass is 35.5. The number of nitrogen functional groups attached to an aromatic ring is 1. The van der Waals surface area contributed by atoms with E-state index in [-0.39, 0.29) is 22.2 Å². The van der Waals surface area contributed by atoms with Gasteiger partial charge in [0, 0.05) is 12.1 Å². The average molecular weight is 356 g/mol. The zero-order valence-corrected chi connectivity index (χ0v) is 14.2. The van der Waals surface area contributed by atoms with Crippen molar-refractivity contribution in [3.63, 3.8) is 0 Å². The number of benzene rings is 1. The van der Waals surface area contributed by atoms with Gasteiger partial charge in [-0.2, -0.15) is 0 Å². The number of rotatable bonds is 6. The Hall–Kier alpha value is -0.870. The molecule has 4 N–H and O–H groups in total. The highest BCUT2D eigenvalue weighted by molar-refractivity contribution is 7.89. The van der Waals surface area contributed by atoms with Gasteiger partial charge in [-0.1, -0.05) is 11.6 Å². The number of sulfonamides is 2. The second kappa shape index (κ2) is 6.09. The van der Waals surface area contributed by atoms with Crippen molar-refractivity contribution >= 4 is 37.3 Å². The van der Waals surface area contributed by atoms with E-state index in [0.717, 1.165) is 6.26 Å². The maximum atomic E-state index is 12.1. The molecule has 0 saturated carbocycles. The van der Waals surface area contributed by atoms with E-state index in [2.05, 4.69) is 9.44 Å². The molecule has 0 heterocycles. The van der Waals surface area contributed by atoms with E-state index in [1.165, 1.54) is 18.2 Å². The summed E-state index contributed by atoms with van der Waals surface area (Å²) in [5, 5.41) is 0.257. The van der Waals surface area contributed by atoms with Gasteiger partial charge < -0.3 is 5.73 Å². The fraction of sp³-hybridized carbons (Fsp3) is 0.455. The van der Waals surface area contributed by atoms with Crippen LogP contribution in [0.4, 0.5) is 5.69 Å². The minimum absolute atomic E-state index is 0.0421. The van der Waals surface area contributed by atoms with Crippen LogP contribution in [-0.4, -0.2) is 35.2 Å². The zero-order valence-electron chi connectivity index (χ0n) is 11.8. The van der Waals surface area contributed by atoms with Gasteiger partial charge in [0.15, 0.2) is 0 Å². The Bertz CT molecular complexity index is 730. The number of halogens is 1. The van der Waals surface area contributed by atoms with Gasteiger partial charge in [0.25, 0.3) is 0 Å². The highest BCUT2D eigenvalue weighted by Crippen LogP contribution is 2.22. The molecular weight excluding hydrogens is 338 g/mol. The van der Waals surface area contributed by atoms with Gasteiger partial charge >= 0.3 is 0 Å². The molecule has 0 saturated heterocycles. The van der Waals surface area contributed by atoms with Gasteiger partial charge in [0.05, 0.1) is 21.9 Å². The molecule has 0 fully saturated rings. The van der Waals surface area contributed by atoms with Gasteiger partial charge in [-0.15, -0.1) is 0 Å². The molecule has 10 heteroatoms.